The van der Waals surface area contributed by atoms with Crippen molar-refractivity contribution in [3.05, 3.63) is 57.6 Å². The van der Waals surface area contributed by atoms with Gasteiger partial charge >= 0.3 is 0 Å². The quantitative estimate of drug-likeness (QED) is 0.125. The van der Waals surface area contributed by atoms with Crippen molar-refractivity contribution in [2.75, 3.05) is 13.1 Å². The van der Waals surface area contributed by atoms with E-state index in [0.29, 0.717) is 37.2 Å². The summed E-state index contributed by atoms with van der Waals surface area (Å²) in [5, 5.41) is 21.1. The van der Waals surface area contributed by atoms with Crippen molar-refractivity contribution in [2.45, 2.75) is 163 Å². The van der Waals surface area contributed by atoms with E-state index in [1.165, 1.54) is 32.1 Å². The maximum atomic E-state index is 11.0. The van der Waals surface area contributed by atoms with Gasteiger partial charge in [-0.3, -0.25) is 9.59 Å². The first-order chi connectivity index (χ1) is 22.3. The number of hydrogen-bond donors (Lipinski definition) is 6. The van der Waals surface area contributed by atoms with Gasteiger partial charge in [0.2, 0.25) is 11.8 Å². The van der Waals surface area contributed by atoms with Crippen molar-refractivity contribution in [1.82, 2.24) is 0 Å². The van der Waals surface area contributed by atoms with Gasteiger partial charge in [-0.15, -0.1) is 0 Å². The number of phenolic OH excluding ortho intramolecular Hbond substituents is 2. The molecule has 0 fully saturated rings. The number of aryl methyl sites for hydroxylation is 2. The summed E-state index contributed by atoms with van der Waals surface area (Å²) in [6, 6.07) is 7.97. The lowest BCUT2D eigenvalue weighted by Gasteiger charge is -2.28. The van der Waals surface area contributed by atoms with Crippen molar-refractivity contribution in [2.24, 2.45) is 22.9 Å². The van der Waals surface area contributed by atoms with Gasteiger partial charge in [0.05, 0.1) is 0 Å². The maximum Gasteiger partial charge on any atom is 0.217 e. The van der Waals surface area contributed by atoms with Gasteiger partial charge in [-0.25, -0.2) is 0 Å². The Bertz CT molecular complexity index is 1150. The molecule has 8 heteroatoms. The molecule has 2 rings (SSSR count). The average Bonchev–Trinajstić information content (AvgIpc) is 2.94. The number of unbranched alkanes of at least 4 members (excludes halogenated alkanes) is 4. The predicted molar refractivity (Wildman–Crippen MR) is 207 cm³/mol. The minimum Gasteiger partial charge on any atom is -0.507 e. The van der Waals surface area contributed by atoms with Crippen LogP contribution in [0.4, 0.5) is 0 Å². The van der Waals surface area contributed by atoms with Crippen LogP contribution >= 0.6 is 0 Å². The Hall–Kier alpha value is -3.10. The van der Waals surface area contributed by atoms with E-state index in [4.69, 9.17) is 22.9 Å². The van der Waals surface area contributed by atoms with Crippen LogP contribution in [0.2, 0.25) is 0 Å². The standard InChI is InChI=1S/2C17H27NO2.C7H18N2/c2*1-16(2,3)12-9-11(7-8-14(18)19)10-13(15(12)20)17(4,5)6;8-6-4-2-1-3-5-7-9/h2*9-10,20H,7-8H2,1-6H3,(H2,18,19);1-9H2. The minimum absolute atomic E-state index is 0.146. The number of carbonyl (C=O) groups excluding carboxylic acids is 2. The number of carbonyl (C=O) groups is 2. The highest BCUT2D eigenvalue weighted by atomic mass is 16.3. The van der Waals surface area contributed by atoms with E-state index in [9.17, 15) is 19.8 Å². The van der Waals surface area contributed by atoms with E-state index in [0.717, 1.165) is 46.5 Å². The molecule has 280 valence electrons. The summed E-state index contributed by atoms with van der Waals surface area (Å²) >= 11 is 0. The Balaban J connectivity index is 0.000000758. The van der Waals surface area contributed by atoms with Crippen molar-refractivity contribution >= 4 is 11.8 Å². The van der Waals surface area contributed by atoms with Crippen LogP contribution in [-0.4, -0.2) is 35.1 Å². The fourth-order valence-electron chi connectivity index (χ4n) is 5.32. The average molecular weight is 685 g/mol. The van der Waals surface area contributed by atoms with Gasteiger partial charge in [-0.2, -0.15) is 0 Å². The molecule has 0 saturated heterocycles. The lowest BCUT2D eigenvalue weighted by molar-refractivity contribution is -0.118. The summed E-state index contributed by atoms with van der Waals surface area (Å²) in [5.74, 6) is 0.140. The summed E-state index contributed by atoms with van der Waals surface area (Å²) in [5.41, 5.74) is 26.3. The second-order valence-electron chi connectivity index (χ2n) is 17.4. The largest absolute Gasteiger partial charge is 0.507 e. The number of amides is 2. The van der Waals surface area contributed by atoms with Crippen LogP contribution in [0.1, 0.15) is 161 Å². The van der Waals surface area contributed by atoms with Crippen molar-refractivity contribution in [3.63, 3.8) is 0 Å². The van der Waals surface area contributed by atoms with Crippen LogP contribution in [0.15, 0.2) is 24.3 Å². The number of nitrogens with two attached hydrogens (primary N) is 4. The Morgan fingerprint density at radius 1 is 0.490 bits per heavy atom. The molecule has 0 radical (unpaired) electrons. The molecule has 0 atom stereocenters. The molecule has 49 heavy (non-hydrogen) atoms. The molecule has 2 aromatic rings. The molecule has 0 aliphatic rings. The van der Waals surface area contributed by atoms with Crippen LogP contribution in [0.5, 0.6) is 11.5 Å². The van der Waals surface area contributed by atoms with Gasteiger partial charge in [-0.1, -0.05) is 127 Å². The van der Waals surface area contributed by atoms with Crippen LogP contribution in [0.3, 0.4) is 0 Å². The third-order valence-corrected chi connectivity index (χ3v) is 8.30. The molecule has 0 aromatic heterocycles. The highest BCUT2D eigenvalue weighted by molar-refractivity contribution is 5.74. The molecule has 0 aliphatic carbocycles. The second-order valence-corrected chi connectivity index (χ2v) is 17.4. The van der Waals surface area contributed by atoms with E-state index in [1.54, 1.807) is 0 Å². The van der Waals surface area contributed by atoms with Crippen molar-refractivity contribution in [1.29, 1.82) is 0 Å². The first kappa shape index (κ1) is 45.9. The zero-order valence-electron chi connectivity index (χ0n) is 33.1. The van der Waals surface area contributed by atoms with Crippen LogP contribution < -0.4 is 22.9 Å². The predicted octanol–water partition coefficient (Wildman–Crippen LogP) is 7.66. The maximum absolute atomic E-state index is 11.0. The molecule has 2 aromatic carbocycles. The number of hydrogen-bond acceptors (Lipinski definition) is 6. The molecule has 2 amide bonds. The smallest absolute Gasteiger partial charge is 0.217 e. The van der Waals surface area contributed by atoms with E-state index in [2.05, 4.69) is 83.1 Å². The molecular formula is C41H72N4O4. The summed E-state index contributed by atoms with van der Waals surface area (Å²) in [6.07, 6.45) is 8.08. The monoisotopic (exact) mass is 685 g/mol. The first-order valence-corrected chi connectivity index (χ1v) is 18.0. The number of primary amides is 2. The van der Waals surface area contributed by atoms with Crippen molar-refractivity contribution in [3.8, 4) is 11.5 Å². The fourth-order valence-corrected chi connectivity index (χ4v) is 5.32. The molecule has 10 N–H and O–H groups in total. The van der Waals surface area contributed by atoms with Gasteiger partial charge in [0, 0.05) is 12.8 Å². The highest BCUT2D eigenvalue weighted by Gasteiger charge is 2.27. The Kier molecular flexibility index (Phi) is 18.7. The molecule has 0 aliphatic heterocycles. The first-order valence-electron chi connectivity index (χ1n) is 18.0. The van der Waals surface area contributed by atoms with Crippen LogP contribution in [0, 0.1) is 0 Å². The van der Waals surface area contributed by atoms with Gasteiger partial charge in [-0.05, 0) is 93.8 Å². The third kappa shape index (κ3) is 17.4. The number of benzene rings is 2. The molecular weight excluding hydrogens is 612 g/mol. The minimum atomic E-state index is -0.298. The molecule has 0 heterocycles. The Morgan fingerprint density at radius 3 is 0.898 bits per heavy atom. The second kappa shape index (κ2) is 19.9. The van der Waals surface area contributed by atoms with Gasteiger partial charge in [0.15, 0.2) is 0 Å². The number of aromatic hydroxyl groups is 2. The molecule has 0 bridgehead atoms. The van der Waals surface area contributed by atoms with Gasteiger partial charge in [0.25, 0.3) is 0 Å². The Morgan fingerprint density at radius 2 is 0.714 bits per heavy atom. The lowest BCUT2D eigenvalue weighted by Crippen LogP contribution is -2.18. The van der Waals surface area contributed by atoms with E-state index >= 15 is 0 Å². The molecule has 8 nitrogen and oxygen atoms in total. The Labute approximate surface area is 298 Å². The summed E-state index contributed by atoms with van der Waals surface area (Å²) in [7, 11) is 0. The van der Waals surface area contributed by atoms with E-state index in [1.807, 2.05) is 24.3 Å². The van der Waals surface area contributed by atoms with Gasteiger partial charge < -0.3 is 33.1 Å². The van der Waals surface area contributed by atoms with E-state index < -0.39 is 0 Å². The lowest BCUT2D eigenvalue weighted by atomic mass is 9.78. The number of phenols is 2. The zero-order valence-corrected chi connectivity index (χ0v) is 33.1. The fraction of sp³-hybridized carbons (Fsp3) is 0.659. The third-order valence-electron chi connectivity index (χ3n) is 8.30. The zero-order chi connectivity index (χ0) is 38.4. The van der Waals surface area contributed by atoms with E-state index in [-0.39, 0.29) is 33.5 Å². The topological polar surface area (TPSA) is 179 Å². The molecule has 0 saturated carbocycles. The summed E-state index contributed by atoms with van der Waals surface area (Å²) < 4.78 is 0. The highest BCUT2D eigenvalue weighted by Crippen LogP contribution is 2.41. The summed E-state index contributed by atoms with van der Waals surface area (Å²) in [6.45, 7) is 26.6. The molecule has 0 spiro atoms. The van der Waals surface area contributed by atoms with Crippen LogP contribution in [0.25, 0.3) is 0 Å². The van der Waals surface area contributed by atoms with Gasteiger partial charge in [0.1, 0.15) is 11.5 Å². The molecule has 0 unspecified atom stereocenters. The SMILES string of the molecule is CC(C)(C)c1cc(CCC(N)=O)cc(C(C)(C)C)c1O.CC(C)(C)c1cc(CCC(N)=O)cc(C(C)(C)C)c1O.NCCCCCCCN. The summed E-state index contributed by atoms with van der Waals surface area (Å²) in [4.78, 5) is 22.0. The normalized spacial score (nSPS) is 12.0. The van der Waals surface area contributed by atoms with Crippen LogP contribution in [-0.2, 0) is 44.1 Å². The number of rotatable bonds is 12. The van der Waals surface area contributed by atoms with Crippen molar-refractivity contribution < 1.29 is 19.8 Å².